The van der Waals surface area contributed by atoms with Gasteiger partial charge in [-0.2, -0.15) is 0 Å². The number of rotatable bonds is 4. The average molecular weight is 277 g/mol. The van der Waals surface area contributed by atoms with E-state index in [1.54, 1.807) is 0 Å². The van der Waals surface area contributed by atoms with E-state index >= 15 is 0 Å². The molecule has 1 N–H and O–H groups in total. The normalized spacial score (nSPS) is 23.5. The van der Waals surface area contributed by atoms with Crippen LogP contribution in [0.5, 0.6) is 0 Å². The Morgan fingerprint density at radius 1 is 1.35 bits per heavy atom. The standard InChI is InChI=1S/C16H27N3O/c1-4-13-6-7-14(17-11-13)10-16(20)15-12-18(2)8-5-9-19(15)3/h6-7,11,15-16,20H,4-5,8-10,12H2,1-3H3. The van der Waals surface area contributed by atoms with Crippen LogP contribution in [0.1, 0.15) is 24.6 Å². The van der Waals surface area contributed by atoms with Crippen LogP contribution < -0.4 is 0 Å². The highest BCUT2D eigenvalue weighted by molar-refractivity contribution is 5.14. The van der Waals surface area contributed by atoms with Gasteiger partial charge in [0.25, 0.3) is 0 Å². The van der Waals surface area contributed by atoms with Crippen molar-refractivity contribution in [1.82, 2.24) is 14.8 Å². The Labute approximate surface area is 122 Å². The zero-order valence-corrected chi connectivity index (χ0v) is 12.9. The van der Waals surface area contributed by atoms with Crippen LogP contribution in [0.2, 0.25) is 0 Å². The number of aryl methyl sites for hydroxylation is 1. The maximum atomic E-state index is 10.6. The molecule has 2 atom stereocenters. The first-order valence-electron chi connectivity index (χ1n) is 7.60. The van der Waals surface area contributed by atoms with E-state index < -0.39 is 0 Å². The first-order chi connectivity index (χ1) is 9.60. The summed E-state index contributed by atoms with van der Waals surface area (Å²) in [4.78, 5) is 9.06. The van der Waals surface area contributed by atoms with Crippen molar-refractivity contribution in [3.8, 4) is 0 Å². The maximum Gasteiger partial charge on any atom is 0.0763 e. The number of aromatic nitrogens is 1. The summed E-state index contributed by atoms with van der Waals surface area (Å²) in [5.74, 6) is 0. The molecule has 0 amide bonds. The molecule has 1 fully saturated rings. The summed E-state index contributed by atoms with van der Waals surface area (Å²) < 4.78 is 0. The van der Waals surface area contributed by atoms with Crippen LogP contribution in [0.15, 0.2) is 18.3 Å². The minimum Gasteiger partial charge on any atom is -0.391 e. The number of pyridine rings is 1. The van der Waals surface area contributed by atoms with E-state index in [9.17, 15) is 5.11 Å². The van der Waals surface area contributed by atoms with Gasteiger partial charge in [-0.05, 0) is 51.7 Å². The molecule has 2 rings (SSSR count). The van der Waals surface area contributed by atoms with E-state index in [0.29, 0.717) is 6.42 Å². The number of aliphatic hydroxyl groups excluding tert-OH is 1. The van der Waals surface area contributed by atoms with Crippen LogP contribution in [-0.2, 0) is 12.8 Å². The van der Waals surface area contributed by atoms with Gasteiger partial charge < -0.3 is 10.0 Å². The summed E-state index contributed by atoms with van der Waals surface area (Å²) in [5, 5.41) is 10.6. The van der Waals surface area contributed by atoms with Crippen LogP contribution >= 0.6 is 0 Å². The Morgan fingerprint density at radius 2 is 2.15 bits per heavy atom. The second kappa shape index (κ2) is 7.16. The third kappa shape index (κ3) is 4.01. The van der Waals surface area contributed by atoms with E-state index in [0.717, 1.165) is 31.7 Å². The molecule has 1 aliphatic heterocycles. The highest BCUT2D eigenvalue weighted by Gasteiger charge is 2.27. The van der Waals surface area contributed by atoms with Crippen molar-refractivity contribution in [2.75, 3.05) is 33.7 Å². The zero-order valence-electron chi connectivity index (χ0n) is 12.9. The lowest BCUT2D eigenvalue weighted by atomic mass is 10.0. The maximum absolute atomic E-state index is 10.6. The highest BCUT2D eigenvalue weighted by atomic mass is 16.3. The molecule has 2 unspecified atom stereocenters. The number of nitrogens with zero attached hydrogens (tertiary/aromatic N) is 3. The van der Waals surface area contributed by atoms with Gasteiger partial charge in [0.1, 0.15) is 0 Å². The van der Waals surface area contributed by atoms with Gasteiger partial charge in [0.15, 0.2) is 0 Å². The highest BCUT2D eigenvalue weighted by Crippen LogP contribution is 2.14. The van der Waals surface area contributed by atoms with E-state index in [4.69, 9.17) is 0 Å². The van der Waals surface area contributed by atoms with Gasteiger partial charge in [0.2, 0.25) is 0 Å². The van der Waals surface area contributed by atoms with Crippen molar-refractivity contribution in [1.29, 1.82) is 0 Å². The Morgan fingerprint density at radius 3 is 2.80 bits per heavy atom. The van der Waals surface area contributed by atoms with E-state index in [2.05, 4.69) is 41.9 Å². The molecule has 0 aromatic carbocycles. The summed E-state index contributed by atoms with van der Waals surface area (Å²) in [6.45, 7) is 5.21. The Bertz CT molecular complexity index is 407. The van der Waals surface area contributed by atoms with Crippen LogP contribution in [0.25, 0.3) is 0 Å². The van der Waals surface area contributed by atoms with Crippen molar-refractivity contribution >= 4 is 0 Å². The van der Waals surface area contributed by atoms with Gasteiger partial charge in [0.05, 0.1) is 6.10 Å². The molecule has 112 valence electrons. The minimum absolute atomic E-state index is 0.190. The van der Waals surface area contributed by atoms with Crippen molar-refractivity contribution in [3.05, 3.63) is 29.6 Å². The third-order valence-electron chi connectivity index (χ3n) is 4.27. The van der Waals surface area contributed by atoms with Crippen LogP contribution in [-0.4, -0.2) is 65.8 Å². The molecule has 1 aromatic heterocycles. The molecule has 1 aliphatic rings. The van der Waals surface area contributed by atoms with Gasteiger partial charge in [-0.1, -0.05) is 13.0 Å². The van der Waals surface area contributed by atoms with E-state index in [1.165, 1.54) is 12.0 Å². The lowest BCUT2D eigenvalue weighted by Gasteiger charge is -2.31. The number of hydrogen-bond donors (Lipinski definition) is 1. The van der Waals surface area contributed by atoms with Crippen LogP contribution in [0.3, 0.4) is 0 Å². The first-order valence-corrected chi connectivity index (χ1v) is 7.60. The average Bonchev–Trinajstić information content (AvgIpc) is 2.61. The zero-order chi connectivity index (χ0) is 14.5. The molecular formula is C16H27N3O. The van der Waals surface area contributed by atoms with Crippen LogP contribution in [0.4, 0.5) is 0 Å². The summed E-state index contributed by atoms with van der Waals surface area (Å²) in [6.07, 6.45) is 4.37. The fraction of sp³-hybridized carbons (Fsp3) is 0.688. The van der Waals surface area contributed by atoms with Crippen molar-refractivity contribution in [2.45, 2.75) is 38.3 Å². The molecule has 0 saturated carbocycles. The molecule has 1 aromatic rings. The summed E-state index contributed by atoms with van der Waals surface area (Å²) in [6, 6.07) is 4.34. The summed E-state index contributed by atoms with van der Waals surface area (Å²) in [7, 11) is 4.24. The van der Waals surface area contributed by atoms with Crippen LogP contribution in [0, 0.1) is 0 Å². The van der Waals surface area contributed by atoms with Gasteiger partial charge in [-0.15, -0.1) is 0 Å². The molecule has 20 heavy (non-hydrogen) atoms. The smallest absolute Gasteiger partial charge is 0.0763 e. The molecule has 0 bridgehead atoms. The van der Waals surface area contributed by atoms with E-state index in [-0.39, 0.29) is 12.1 Å². The molecule has 0 spiro atoms. The molecule has 0 aliphatic carbocycles. The lowest BCUT2D eigenvalue weighted by molar-refractivity contribution is 0.0575. The fourth-order valence-corrected chi connectivity index (χ4v) is 2.86. The molecule has 2 heterocycles. The van der Waals surface area contributed by atoms with Gasteiger partial charge in [-0.25, -0.2) is 0 Å². The van der Waals surface area contributed by atoms with Gasteiger partial charge in [-0.3, -0.25) is 9.88 Å². The first kappa shape index (κ1) is 15.4. The largest absolute Gasteiger partial charge is 0.391 e. The van der Waals surface area contributed by atoms with E-state index in [1.807, 2.05) is 12.3 Å². The second-order valence-corrected chi connectivity index (χ2v) is 5.95. The predicted octanol–water partition coefficient (Wildman–Crippen LogP) is 1.18. The monoisotopic (exact) mass is 277 g/mol. The number of likely N-dealkylation sites (N-methyl/N-ethyl adjacent to an activating group) is 2. The minimum atomic E-state index is -0.361. The topological polar surface area (TPSA) is 39.6 Å². The SMILES string of the molecule is CCc1ccc(CC(O)C2CN(C)CCCN2C)nc1. The Hall–Kier alpha value is -0.970. The predicted molar refractivity (Wildman–Crippen MR) is 81.9 cm³/mol. The second-order valence-electron chi connectivity index (χ2n) is 5.95. The Balaban J connectivity index is 1.99. The van der Waals surface area contributed by atoms with Gasteiger partial charge in [0, 0.05) is 30.9 Å². The lowest BCUT2D eigenvalue weighted by Crippen LogP contribution is -2.47. The third-order valence-corrected chi connectivity index (χ3v) is 4.27. The van der Waals surface area contributed by atoms with Gasteiger partial charge >= 0.3 is 0 Å². The fourth-order valence-electron chi connectivity index (χ4n) is 2.86. The van der Waals surface area contributed by atoms with Crippen molar-refractivity contribution in [2.24, 2.45) is 0 Å². The molecule has 4 nitrogen and oxygen atoms in total. The molecular weight excluding hydrogens is 250 g/mol. The molecule has 1 saturated heterocycles. The molecule has 4 heteroatoms. The molecule has 0 radical (unpaired) electrons. The summed E-state index contributed by atoms with van der Waals surface area (Å²) >= 11 is 0. The quantitative estimate of drug-likeness (QED) is 0.897. The Kier molecular flexibility index (Phi) is 5.52. The van der Waals surface area contributed by atoms with Crippen molar-refractivity contribution in [3.63, 3.8) is 0 Å². The summed E-state index contributed by atoms with van der Waals surface area (Å²) in [5.41, 5.74) is 2.23. The number of aliphatic hydroxyl groups is 1. The number of hydrogen-bond acceptors (Lipinski definition) is 4. The van der Waals surface area contributed by atoms with Crippen molar-refractivity contribution < 1.29 is 5.11 Å².